The van der Waals surface area contributed by atoms with Crippen LogP contribution in [0.3, 0.4) is 0 Å². The van der Waals surface area contributed by atoms with Gasteiger partial charge in [-0.3, -0.25) is 4.79 Å². The van der Waals surface area contributed by atoms with Gasteiger partial charge in [0.25, 0.3) is 5.56 Å². The fourth-order valence-electron chi connectivity index (χ4n) is 3.74. The molecule has 0 atom stereocenters. The Kier molecular flexibility index (Phi) is 5.24. The van der Waals surface area contributed by atoms with Crippen molar-refractivity contribution in [2.24, 2.45) is 0 Å². The number of pyridine rings is 1. The van der Waals surface area contributed by atoms with Crippen LogP contribution in [0.2, 0.25) is 0 Å². The van der Waals surface area contributed by atoms with Crippen LogP contribution in [0.5, 0.6) is 0 Å². The predicted molar refractivity (Wildman–Crippen MR) is 127 cm³/mol. The second-order valence-corrected chi connectivity index (χ2v) is 8.57. The molecule has 3 aromatic heterocycles. The number of hydrogen-bond acceptors (Lipinski definition) is 4. The van der Waals surface area contributed by atoms with Crippen LogP contribution in [0.4, 0.5) is 0 Å². The van der Waals surface area contributed by atoms with Gasteiger partial charge >= 0.3 is 0 Å². The number of hydrogen-bond donors (Lipinski definition) is 2. The number of para-hydroxylation sites is 1. The Balaban J connectivity index is 1.61. The zero-order valence-corrected chi connectivity index (χ0v) is 17.9. The van der Waals surface area contributed by atoms with Crippen LogP contribution in [-0.2, 0) is 13.1 Å². The first-order chi connectivity index (χ1) is 15.2. The summed E-state index contributed by atoms with van der Waals surface area (Å²) in [5.74, 6) is 0. The molecule has 5 aromatic rings. The lowest BCUT2D eigenvalue weighted by Gasteiger charge is -2.05. The van der Waals surface area contributed by atoms with E-state index in [4.69, 9.17) is 5.10 Å². The van der Waals surface area contributed by atoms with Gasteiger partial charge in [-0.05, 0) is 42.6 Å². The fourth-order valence-corrected chi connectivity index (χ4v) is 4.42. The number of benzene rings is 2. The van der Waals surface area contributed by atoms with Gasteiger partial charge in [-0.1, -0.05) is 48.0 Å². The third-order valence-electron chi connectivity index (χ3n) is 5.25. The van der Waals surface area contributed by atoms with Crippen molar-refractivity contribution in [3.63, 3.8) is 0 Å². The lowest BCUT2D eigenvalue weighted by atomic mass is 10.1. The number of aromatic amines is 1. The zero-order chi connectivity index (χ0) is 21.2. The first-order valence-corrected chi connectivity index (χ1v) is 11.1. The van der Waals surface area contributed by atoms with Crippen LogP contribution in [-0.4, -0.2) is 14.8 Å². The molecule has 5 nitrogen and oxygen atoms in total. The van der Waals surface area contributed by atoms with Crippen LogP contribution in [0, 0.1) is 6.92 Å². The van der Waals surface area contributed by atoms with Gasteiger partial charge in [0, 0.05) is 34.5 Å². The second kappa shape index (κ2) is 8.34. The largest absolute Gasteiger partial charge is 0.308 e. The van der Waals surface area contributed by atoms with Crippen LogP contribution in [0.25, 0.3) is 28.0 Å². The molecule has 2 aromatic carbocycles. The summed E-state index contributed by atoms with van der Waals surface area (Å²) in [6, 6.07) is 24.3. The van der Waals surface area contributed by atoms with Crippen molar-refractivity contribution in [2.75, 3.05) is 0 Å². The van der Waals surface area contributed by atoms with Gasteiger partial charge in [0.15, 0.2) is 0 Å². The van der Waals surface area contributed by atoms with E-state index in [1.165, 1.54) is 10.4 Å². The van der Waals surface area contributed by atoms with Gasteiger partial charge in [-0.15, -0.1) is 11.3 Å². The van der Waals surface area contributed by atoms with Gasteiger partial charge in [0.05, 0.1) is 5.69 Å². The van der Waals surface area contributed by atoms with E-state index in [1.807, 2.05) is 53.2 Å². The van der Waals surface area contributed by atoms with Crippen molar-refractivity contribution in [3.8, 4) is 16.9 Å². The topological polar surface area (TPSA) is 62.7 Å². The standard InChI is InChI=1S/C25H22N4OS/c1-17-7-5-8-18(13-17)23-22-14-19(15-26-16-21-11-6-12-31-21)25(30)27-24(22)29(28-23)20-9-3-2-4-10-20/h2-14,26H,15-16H2,1H3,(H,27,30). The summed E-state index contributed by atoms with van der Waals surface area (Å²) < 4.78 is 1.82. The Hall–Kier alpha value is -3.48. The number of rotatable bonds is 6. The molecule has 0 unspecified atom stereocenters. The van der Waals surface area contributed by atoms with Crippen molar-refractivity contribution in [1.82, 2.24) is 20.1 Å². The third kappa shape index (κ3) is 3.95. The fraction of sp³-hybridized carbons (Fsp3) is 0.120. The second-order valence-electron chi connectivity index (χ2n) is 7.53. The van der Waals surface area contributed by atoms with Crippen molar-refractivity contribution < 1.29 is 0 Å². The van der Waals surface area contributed by atoms with Crippen LogP contribution in [0.15, 0.2) is 83.0 Å². The Morgan fingerprint density at radius 3 is 2.65 bits per heavy atom. The van der Waals surface area contributed by atoms with E-state index in [9.17, 15) is 4.79 Å². The molecule has 31 heavy (non-hydrogen) atoms. The number of H-pyrrole nitrogens is 1. The summed E-state index contributed by atoms with van der Waals surface area (Å²) in [4.78, 5) is 17.2. The summed E-state index contributed by atoms with van der Waals surface area (Å²) in [7, 11) is 0. The maximum absolute atomic E-state index is 12.9. The summed E-state index contributed by atoms with van der Waals surface area (Å²) in [6.45, 7) is 3.30. The van der Waals surface area contributed by atoms with E-state index in [0.29, 0.717) is 17.8 Å². The number of nitrogens with one attached hydrogen (secondary N) is 2. The van der Waals surface area contributed by atoms with E-state index in [1.54, 1.807) is 11.3 Å². The number of fused-ring (bicyclic) bond motifs is 1. The monoisotopic (exact) mass is 426 g/mol. The lowest BCUT2D eigenvalue weighted by molar-refractivity contribution is 0.695. The van der Waals surface area contributed by atoms with Crippen molar-refractivity contribution >= 4 is 22.4 Å². The smallest absolute Gasteiger partial charge is 0.254 e. The molecule has 2 N–H and O–H groups in total. The molecule has 0 saturated carbocycles. The third-order valence-corrected chi connectivity index (χ3v) is 6.13. The molecule has 0 spiro atoms. The molecule has 0 bridgehead atoms. The summed E-state index contributed by atoms with van der Waals surface area (Å²) >= 11 is 1.71. The highest BCUT2D eigenvalue weighted by Crippen LogP contribution is 2.29. The predicted octanol–water partition coefficient (Wildman–Crippen LogP) is 5.04. The molecule has 0 saturated heterocycles. The zero-order valence-electron chi connectivity index (χ0n) is 17.1. The highest BCUT2D eigenvalue weighted by atomic mass is 32.1. The first-order valence-electron chi connectivity index (χ1n) is 10.2. The van der Waals surface area contributed by atoms with Gasteiger partial charge in [-0.2, -0.15) is 5.10 Å². The molecule has 0 aliphatic heterocycles. The molecular weight excluding hydrogens is 404 g/mol. The molecular formula is C25H22N4OS. The maximum Gasteiger partial charge on any atom is 0.254 e. The van der Waals surface area contributed by atoms with Gasteiger partial charge < -0.3 is 10.3 Å². The molecule has 0 radical (unpaired) electrons. The van der Waals surface area contributed by atoms with Gasteiger partial charge in [0.2, 0.25) is 0 Å². The average Bonchev–Trinajstić information content (AvgIpc) is 3.42. The molecule has 0 amide bonds. The summed E-state index contributed by atoms with van der Waals surface area (Å²) in [5.41, 5.74) is 5.27. The summed E-state index contributed by atoms with van der Waals surface area (Å²) in [6.07, 6.45) is 0. The van der Waals surface area contributed by atoms with Crippen molar-refractivity contribution in [1.29, 1.82) is 0 Å². The molecule has 6 heteroatoms. The Morgan fingerprint density at radius 2 is 1.87 bits per heavy atom. The molecule has 5 rings (SSSR count). The first kappa shape index (κ1) is 19.5. The summed E-state index contributed by atoms with van der Waals surface area (Å²) in [5, 5.41) is 11.3. The van der Waals surface area contributed by atoms with E-state index in [2.05, 4.69) is 46.9 Å². The molecule has 0 aliphatic rings. The molecule has 0 fully saturated rings. The Labute approximate surface area is 184 Å². The van der Waals surface area contributed by atoms with Crippen LogP contribution >= 0.6 is 11.3 Å². The molecule has 3 heterocycles. The highest BCUT2D eigenvalue weighted by molar-refractivity contribution is 7.09. The van der Waals surface area contributed by atoms with Crippen molar-refractivity contribution in [3.05, 3.63) is 105 Å². The van der Waals surface area contributed by atoms with E-state index in [-0.39, 0.29) is 5.56 Å². The average molecular weight is 427 g/mol. The van der Waals surface area contributed by atoms with Gasteiger partial charge in [-0.25, -0.2) is 4.68 Å². The Bertz CT molecular complexity index is 1380. The van der Waals surface area contributed by atoms with Gasteiger partial charge in [0.1, 0.15) is 11.3 Å². The van der Waals surface area contributed by atoms with E-state index >= 15 is 0 Å². The minimum atomic E-state index is -0.0981. The quantitative estimate of drug-likeness (QED) is 0.400. The van der Waals surface area contributed by atoms with Crippen LogP contribution < -0.4 is 10.9 Å². The van der Waals surface area contributed by atoms with E-state index < -0.39 is 0 Å². The lowest BCUT2D eigenvalue weighted by Crippen LogP contribution is -2.20. The highest BCUT2D eigenvalue weighted by Gasteiger charge is 2.16. The molecule has 154 valence electrons. The number of thiophene rings is 1. The van der Waals surface area contributed by atoms with E-state index in [0.717, 1.165) is 28.9 Å². The number of aryl methyl sites for hydroxylation is 1. The Morgan fingerprint density at radius 1 is 1.00 bits per heavy atom. The number of nitrogens with zero attached hydrogens (tertiary/aromatic N) is 2. The molecule has 0 aliphatic carbocycles. The van der Waals surface area contributed by atoms with Crippen molar-refractivity contribution in [2.45, 2.75) is 20.0 Å². The minimum Gasteiger partial charge on any atom is -0.308 e. The van der Waals surface area contributed by atoms with Crippen LogP contribution in [0.1, 0.15) is 16.0 Å². The minimum absolute atomic E-state index is 0.0981. The maximum atomic E-state index is 12.9. The SMILES string of the molecule is Cc1cccc(-c2nn(-c3ccccc3)c3[nH]c(=O)c(CNCc4cccs4)cc23)c1. The number of aromatic nitrogens is 3. The normalized spacial score (nSPS) is 11.3.